The monoisotopic (exact) mass is 593 g/mol. The SMILES string of the molecule is COC(=O)N1CC(Oc2ncccc2-c2cnn3ccc(N4CCN(C(=O)ON5CC(=O)N(C6COC6)C5)CC4)nc23)C1. The molecule has 0 bridgehead atoms. The number of aromatic nitrogens is 4. The summed E-state index contributed by atoms with van der Waals surface area (Å²) in [5, 5.41) is 5.88. The van der Waals surface area contributed by atoms with Crippen LogP contribution in [0.5, 0.6) is 5.88 Å². The number of hydroxylamine groups is 2. The zero-order valence-corrected chi connectivity index (χ0v) is 23.6. The van der Waals surface area contributed by atoms with E-state index < -0.39 is 6.09 Å². The molecule has 0 saturated carbocycles. The molecule has 7 heterocycles. The summed E-state index contributed by atoms with van der Waals surface area (Å²) in [6.45, 7) is 4.21. The molecule has 16 nitrogen and oxygen atoms in total. The molecule has 3 aromatic rings. The highest BCUT2D eigenvalue weighted by Crippen LogP contribution is 2.33. The Bertz CT molecular complexity index is 1530. The number of hydrogen-bond donors (Lipinski definition) is 0. The number of anilines is 1. The van der Waals surface area contributed by atoms with Crippen LogP contribution in [0.1, 0.15) is 0 Å². The van der Waals surface area contributed by atoms with Crippen molar-refractivity contribution >= 4 is 29.6 Å². The third-order valence-electron chi connectivity index (χ3n) is 8.05. The van der Waals surface area contributed by atoms with Crippen molar-refractivity contribution in [3.8, 4) is 17.0 Å². The minimum Gasteiger partial charge on any atom is -0.470 e. The van der Waals surface area contributed by atoms with Crippen LogP contribution in [0, 0.1) is 0 Å². The van der Waals surface area contributed by atoms with Crippen molar-refractivity contribution < 1.29 is 33.4 Å². The molecule has 7 rings (SSSR count). The van der Waals surface area contributed by atoms with Gasteiger partial charge in [-0.3, -0.25) is 4.79 Å². The number of likely N-dealkylation sites (tertiary alicyclic amines) is 1. The molecule has 16 heteroatoms. The molecular weight excluding hydrogens is 562 g/mol. The summed E-state index contributed by atoms with van der Waals surface area (Å²) in [5.41, 5.74) is 2.15. The number of pyridine rings is 1. The minimum absolute atomic E-state index is 0.0517. The highest BCUT2D eigenvalue weighted by atomic mass is 16.7. The topological polar surface area (TPSA) is 147 Å². The normalized spacial score (nSPS) is 19.9. The third-order valence-corrected chi connectivity index (χ3v) is 8.05. The number of nitrogens with zero attached hydrogens (tertiary/aromatic N) is 9. The number of carbonyl (C=O) groups is 3. The largest absolute Gasteiger partial charge is 0.470 e. The van der Waals surface area contributed by atoms with E-state index in [-0.39, 0.29) is 37.4 Å². The van der Waals surface area contributed by atoms with Gasteiger partial charge in [-0.25, -0.2) is 24.1 Å². The molecule has 3 amide bonds. The van der Waals surface area contributed by atoms with E-state index in [0.717, 1.165) is 16.9 Å². The first-order valence-corrected chi connectivity index (χ1v) is 14.1. The molecule has 226 valence electrons. The van der Waals surface area contributed by atoms with Gasteiger partial charge in [0.05, 0.1) is 51.2 Å². The molecule has 0 radical (unpaired) electrons. The summed E-state index contributed by atoms with van der Waals surface area (Å²) in [6, 6.07) is 5.68. The van der Waals surface area contributed by atoms with Crippen molar-refractivity contribution in [3.63, 3.8) is 0 Å². The van der Waals surface area contributed by atoms with Crippen LogP contribution in [0.15, 0.2) is 36.8 Å². The number of piperazine rings is 1. The lowest BCUT2D eigenvalue weighted by atomic mass is 10.1. The summed E-state index contributed by atoms with van der Waals surface area (Å²) in [4.78, 5) is 58.7. The molecule has 4 aliphatic heterocycles. The minimum atomic E-state index is -0.467. The van der Waals surface area contributed by atoms with Gasteiger partial charge in [0.2, 0.25) is 11.8 Å². The van der Waals surface area contributed by atoms with Gasteiger partial charge >= 0.3 is 12.2 Å². The molecule has 0 aromatic carbocycles. The lowest BCUT2D eigenvalue weighted by molar-refractivity contribution is -0.140. The van der Waals surface area contributed by atoms with E-state index in [9.17, 15) is 14.4 Å². The van der Waals surface area contributed by atoms with E-state index >= 15 is 0 Å². The fourth-order valence-corrected chi connectivity index (χ4v) is 5.47. The fraction of sp³-hybridized carbons (Fsp3) is 0.481. The second-order valence-electron chi connectivity index (χ2n) is 10.8. The van der Waals surface area contributed by atoms with Gasteiger partial charge < -0.3 is 38.6 Å². The third kappa shape index (κ3) is 5.23. The van der Waals surface area contributed by atoms with Gasteiger partial charge in [0.25, 0.3) is 0 Å². The smallest absolute Gasteiger partial charge is 0.429 e. The Balaban J connectivity index is 0.992. The first-order valence-electron chi connectivity index (χ1n) is 14.1. The molecule has 3 aromatic heterocycles. The summed E-state index contributed by atoms with van der Waals surface area (Å²) in [6.07, 6.45) is 4.20. The lowest BCUT2D eigenvalue weighted by Gasteiger charge is -2.37. The van der Waals surface area contributed by atoms with Crippen LogP contribution >= 0.6 is 0 Å². The van der Waals surface area contributed by atoms with Crippen LogP contribution in [0.25, 0.3) is 16.8 Å². The number of amides is 3. The number of ether oxygens (including phenoxy) is 3. The predicted molar refractivity (Wildman–Crippen MR) is 148 cm³/mol. The van der Waals surface area contributed by atoms with Crippen molar-refractivity contribution in [1.82, 2.24) is 39.3 Å². The predicted octanol–water partition coefficient (Wildman–Crippen LogP) is 0.295. The van der Waals surface area contributed by atoms with Crippen molar-refractivity contribution in [3.05, 3.63) is 36.8 Å². The van der Waals surface area contributed by atoms with Crippen LogP contribution in [0.2, 0.25) is 0 Å². The van der Waals surface area contributed by atoms with E-state index in [1.165, 1.54) is 12.2 Å². The molecule has 43 heavy (non-hydrogen) atoms. The van der Waals surface area contributed by atoms with Crippen molar-refractivity contribution in [2.75, 3.05) is 77.7 Å². The van der Waals surface area contributed by atoms with Crippen LogP contribution in [0.3, 0.4) is 0 Å². The van der Waals surface area contributed by atoms with Crippen LogP contribution in [0.4, 0.5) is 15.4 Å². The van der Waals surface area contributed by atoms with Gasteiger partial charge in [0.1, 0.15) is 25.1 Å². The molecule has 0 atom stereocenters. The molecule has 0 unspecified atom stereocenters. The molecular formula is C27H31N9O7. The van der Waals surface area contributed by atoms with Gasteiger partial charge in [0.15, 0.2) is 5.65 Å². The van der Waals surface area contributed by atoms with Crippen molar-refractivity contribution in [1.29, 1.82) is 0 Å². The maximum Gasteiger partial charge on any atom is 0.429 e. The Hall–Kier alpha value is -4.70. The van der Waals surface area contributed by atoms with Gasteiger partial charge in [-0.1, -0.05) is 0 Å². The average molecular weight is 594 g/mol. The lowest BCUT2D eigenvalue weighted by Crippen LogP contribution is -2.56. The van der Waals surface area contributed by atoms with E-state index in [1.54, 1.807) is 31.6 Å². The Morgan fingerprint density at radius 2 is 1.84 bits per heavy atom. The maximum absolute atomic E-state index is 12.8. The van der Waals surface area contributed by atoms with Gasteiger partial charge in [0, 0.05) is 44.1 Å². The fourth-order valence-electron chi connectivity index (χ4n) is 5.47. The van der Waals surface area contributed by atoms with Crippen molar-refractivity contribution in [2.24, 2.45) is 0 Å². The van der Waals surface area contributed by atoms with E-state index in [0.29, 0.717) is 64.0 Å². The molecule has 4 fully saturated rings. The zero-order chi connectivity index (χ0) is 29.5. The Morgan fingerprint density at radius 1 is 1.02 bits per heavy atom. The molecule has 0 N–H and O–H groups in total. The second kappa shape index (κ2) is 11.2. The van der Waals surface area contributed by atoms with Crippen molar-refractivity contribution in [2.45, 2.75) is 12.1 Å². The van der Waals surface area contributed by atoms with Gasteiger partial charge in [-0.2, -0.15) is 5.10 Å². The maximum atomic E-state index is 12.8. The molecule has 4 saturated heterocycles. The summed E-state index contributed by atoms with van der Waals surface area (Å²) < 4.78 is 17.8. The summed E-state index contributed by atoms with van der Waals surface area (Å²) >= 11 is 0. The van der Waals surface area contributed by atoms with E-state index in [1.807, 2.05) is 24.4 Å². The van der Waals surface area contributed by atoms with Crippen LogP contribution in [-0.4, -0.2) is 142 Å². The van der Waals surface area contributed by atoms with Gasteiger partial charge in [-0.05, 0) is 18.2 Å². The summed E-state index contributed by atoms with van der Waals surface area (Å²) in [5.74, 6) is 1.13. The van der Waals surface area contributed by atoms with Crippen LogP contribution in [-0.2, 0) is 19.1 Å². The molecule has 4 aliphatic rings. The second-order valence-corrected chi connectivity index (χ2v) is 10.8. The van der Waals surface area contributed by atoms with Crippen LogP contribution < -0.4 is 9.64 Å². The van der Waals surface area contributed by atoms with E-state index in [4.69, 9.17) is 24.0 Å². The average Bonchev–Trinajstić information content (AvgIpc) is 3.56. The first kappa shape index (κ1) is 27.2. The Morgan fingerprint density at radius 3 is 2.58 bits per heavy atom. The summed E-state index contributed by atoms with van der Waals surface area (Å²) in [7, 11) is 1.35. The van der Waals surface area contributed by atoms with Gasteiger partial charge in [-0.15, -0.1) is 5.06 Å². The highest BCUT2D eigenvalue weighted by Gasteiger charge is 2.39. The number of fused-ring (bicyclic) bond motifs is 1. The highest BCUT2D eigenvalue weighted by molar-refractivity contribution is 5.81. The first-order chi connectivity index (χ1) is 21.0. The number of methoxy groups -OCH3 is 1. The number of carbonyl (C=O) groups excluding carboxylic acids is 3. The quantitative estimate of drug-likeness (QED) is 0.387. The molecule has 0 aliphatic carbocycles. The number of hydrogen-bond acceptors (Lipinski definition) is 12. The molecule has 0 spiro atoms. The van der Waals surface area contributed by atoms with E-state index in [2.05, 4.69) is 15.0 Å². The zero-order valence-electron chi connectivity index (χ0n) is 23.6. The Kier molecular flexibility index (Phi) is 7.06. The Labute approximate surface area is 246 Å². The number of rotatable bonds is 6. The standard InChI is InChI=1S/C27H31N9O7/c1-40-26(38)33-12-19(13-33)42-25-20(3-2-5-28-25)21-11-29-36-6-4-22(30-24(21)36)31-7-9-32(10-8-31)27(39)43-34-14-23(37)35(17-34)18-15-41-16-18/h2-6,11,18-19H,7-10,12-17H2,1H3.